The lowest BCUT2D eigenvalue weighted by Crippen LogP contribution is -2.38. The maximum atomic E-state index is 14.1. The highest BCUT2D eigenvalue weighted by atomic mass is 19.1. The summed E-state index contributed by atoms with van der Waals surface area (Å²) in [5, 5.41) is 14.7. The number of aliphatic hydroxyl groups excluding tert-OH is 1. The number of halogens is 1. The van der Waals surface area contributed by atoms with E-state index in [1.807, 2.05) is 36.5 Å². The van der Waals surface area contributed by atoms with Gasteiger partial charge in [-0.15, -0.1) is 0 Å². The number of hydrogen-bond donors (Lipinski definition) is 2. The molecule has 0 radical (unpaired) electrons. The van der Waals surface area contributed by atoms with Crippen LogP contribution in [0.25, 0.3) is 11.3 Å². The molecule has 31 heavy (non-hydrogen) atoms. The number of hydrogen-bond acceptors (Lipinski definition) is 7. The van der Waals surface area contributed by atoms with Gasteiger partial charge in [-0.2, -0.15) is 5.10 Å². The Bertz CT molecular complexity index is 1060. The Morgan fingerprint density at radius 3 is 2.77 bits per heavy atom. The number of nitrogens with two attached hydrogens (primary N) is 1. The third-order valence-electron chi connectivity index (χ3n) is 5.62. The van der Waals surface area contributed by atoms with Crippen molar-refractivity contribution in [3.63, 3.8) is 0 Å². The number of aliphatic hydroxyl groups is 1. The number of rotatable bonds is 6. The molecular formula is C22H27FN6O2. The number of aromatic nitrogens is 4. The van der Waals surface area contributed by atoms with Crippen molar-refractivity contribution >= 4 is 5.82 Å². The van der Waals surface area contributed by atoms with Crippen molar-refractivity contribution in [3.8, 4) is 22.8 Å². The highest BCUT2D eigenvalue weighted by Crippen LogP contribution is 2.38. The SMILES string of the molecule is CC(C)n1nccc1-c1cc(F)ccc1Oc1cncnc1N(C)[C@H]1C[C@@H](N)C[C@H]1O. The van der Waals surface area contributed by atoms with Crippen LogP contribution in [0.1, 0.15) is 32.7 Å². The van der Waals surface area contributed by atoms with E-state index in [-0.39, 0.29) is 23.9 Å². The normalized spacial score (nSPS) is 20.9. The Labute approximate surface area is 180 Å². The predicted octanol–water partition coefficient (Wildman–Crippen LogP) is 3.14. The van der Waals surface area contributed by atoms with E-state index in [0.717, 1.165) is 5.69 Å². The zero-order valence-electron chi connectivity index (χ0n) is 17.8. The maximum Gasteiger partial charge on any atom is 0.188 e. The Morgan fingerprint density at radius 2 is 2.06 bits per heavy atom. The van der Waals surface area contributed by atoms with Crippen LogP contribution in [0.3, 0.4) is 0 Å². The van der Waals surface area contributed by atoms with Crippen LogP contribution in [0.4, 0.5) is 10.2 Å². The van der Waals surface area contributed by atoms with E-state index >= 15 is 0 Å². The summed E-state index contributed by atoms with van der Waals surface area (Å²) >= 11 is 0. The molecule has 164 valence electrons. The summed E-state index contributed by atoms with van der Waals surface area (Å²) in [6.07, 6.45) is 5.31. The van der Waals surface area contributed by atoms with Crippen LogP contribution in [0.2, 0.25) is 0 Å². The van der Waals surface area contributed by atoms with Crippen molar-refractivity contribution in [1.29, 1.82) is 0 Å². The molecule has 9 heteroatoms. The van der Waals surface area contributed by atoms with E-state index in [4.69, 9.17) is 10.5 Å². The Kier molecular flexibility index (Phi) is 5.88. The van der Waals surface area contributed by atoms with Gasteiger partial charge in [-0.3, -0.25) is 4.68 Å². The molecule has 0 spiro atoms. The van der Waals surface area contributed by atoms with Crippen LogP contribution in [-0.4, -0.2) is 50.1 Å². The first kappa shape index (κ1) is 21.2. The summed E-state index contributed by atoms with van der Waals surface area (Å²) in [5.41, 5.74) is 7.34. The number of likely N-dealkylation sites (N-methyl/N-ethyl adjacent to an activating group) is 1. The second-order valence-corrected chi connectivity index (χ2v) is 8.18. The average Bonchev–Trinajstić information content (AvgIpc) is 3.35. The molecule has 2 aromatic heterocycles. The first-order valence-corrected chi connectivity index (χ1v) is 10.3. The van der Waals surface area contributed by atoms with E-state index in [0.29, 0.717) is 35.7 Å². The third kappa shape index (κ3) is 4.24. The quantitative estimate of drug-likeness (QED) is 0.624. The molecule has 0 unspecified atom stereocenters. The van der Waals surface area contributed by atoms with Gasteiger partial charge in [0.25, 0.3) is 0 Å². The van der Waals surface area contributed by atoms with E-state index < -0.39 is 6.10 Å². The van der Waals surface area contributed by atoms with Crippen LogP contribution in [-0.2, 0) is 0 Å². The van der Waals surface area contributed by atoms with Gasteiger partial charge < -0.3 is 20.5 Å². The van der Waals surface area contributed by atoms with Gasteiger partial charge in [-0.25, -0.2) is 14.4 Å². The van der Waals surface area contributed by atoms with Gasteiger partial charge in [0.05, 0.1) is 24.0 Å². The first-order chi connectivity index (χ1) is 14.8. The Balaban J connectivity index is 1.71. The molecule has 1 fully saturated rings. The fraction of sp³-hybridized carbons (Fsp3) is 0.409. The van der Waals surface area contributed by atoms with Crippen LogP contribution in [0, 0.1) is 5.82 Å². The molecule has 3 aromatic rings. The van der Waals surface area contributed by atoms with Gasteiger partial charge >= 0.3 is 0 Å². The topological polar surface area (TPSA) is 102 Å². The lowest BCUT2D eigenvalue weighted by atomic mass is 10.1. The minimum absolute atomic E-state index is 0.0614. The Hall–Kier alpha value is -3.04. The minimum Gasteiger partial charge on any atom is -0.451 e. The lowest BCUT2D eigenvalue weighted by Gasteiger charge is -2.29. The van der Waals surface area contributed by atoms with Gasteiger partial charge in [-0.1, -0.05) is 0 Å². The van der Waals surface area contributed by atoms with Crippen molar-refractivity contribution in [1.82, 2.24) is 19.7 Å². The van der Waals surface area contributed by atoms with Crippen LogP contribution in [0.5, 0.6) is 11.5 Å². The standard InChI is InChI=1S/C22H27FN6O2/c1-13(2)29-17(6-7-27-29)16-8-14(23)4-5-20(16)31-21-11-25-12-26-22(21)28(3)18-9-15(24)10-19(18)30/h4-8,11-13,15,18-19,30H,9-10,24H2,1-3H3/t15-,18+,19-/m1/s1. The fourth-order valence-electron chi connectivity index (χ4n) is 4.10. The van der Waals surface area contributed by atoms with E-state index in [2.05, 4.69) is 15.1 Å². The van der Waals surface area contributed by atoms with Gasteiger partial charge in [0.1, 0.15) is 17.9 Å². The number of benzene rings is 1. The second-order valence-electron chi connectivity index (χ2n) is 8.18. The first-order valence-electron chi connectivity index (χ1n) is 10.3. The van der Waals surface area contributed by atoms with Crippen molar-refractivity contribution in [2.24, 2.45) is 5.73 Å². The van der Waals surface area contributed by atoms with Gasteiger partial charge in [0.15, 0.2) is 11.6 Å². The molecule has 1 aliphatic rings. The molecule has 0 aliphatic heterocycles. The van der Waals surface area contributed by atoms with E-state index in [1.165, 1.54) is 18.5 Å². The molecule has 8 nitrogen and oxygen atoms in total. The molecule has 4 rings (SSSR count). The predicted molar refractivity (Wildman–Crippen MR) is 116 cm³/mol. The number of ether oxygens (including phenoxy) is 1. The van der Waals surface area contributed by atoms with Gasteiger partial charge in [0.2, 0.25) is 0 Å². The molecule has 0 saturated heterocycles. The maximum absolute atomic E-state index is 14.1. The highest BCUT2D eigenvalue weighted by molar-refractivity contribution is 5.69. The number of anilines is 1. The molecule has 1 aliphatic carbocycles. The molecule has 1 saturated carbocycles. The smallest absolute Gasteiger partial charge is 0.188 e. The monoisotopic (exact) mass is 426 g/mol. The second kappa shape index (κ2) is 8.60. The average molecular weight is 426 g/mol. The van der Waals surface area contributed by atoms with Crippen LogP contribution < -0.4 is 15.4 Å². The molecule has 2 heterocycles. The van der Waals surface area contributed by atoms with Gasteiger partial charge in [-0.05, 0) is 51.0 Å². The summed E-state index contributed by atoms with van der Waals surface area (Å²) in [4.78, 5) is 10.4. The molecule has 3 N–H and O–H groups in total. The molecule has 3 atom stereocenters. The largest absolute Gasteiger partial charge is 0.451 e. The van der Waals surface area contributed by atoms with Crippen molar-refractivity contribution < 1.29 is 14.2 Å². The molecule has 0 bridgehead atoms. The lowest BCUT2D eigenvalue weighted by molar-refractivity contribution is 0.161. The fourth-order valence-corrected chi connectivity index (χ4v) is 4.10. The van der Waals surface area contributed by atoms with Crippen LogP contribution in [0.15, 0.2) is 43.0 Å². The zero-order chi connectivity index (χ0) is 22.1. The van der Waals surface area contributed by atoms with E-state index in [1.54, 1.807) is 18.5 Å². The van der Waals surface area contributed by atoms with Crippen molar-refractivity contribution in [3.05, 3.63) is 48.8 Å². The summed E-state index contributed by atoms with van der Waals surface area (Å²) in [7, 11) is 1.85. The molecular weight excluding hydrogens is 399 g/mol. The summed E-state index contributed by atoms with van der Waals surface area (Å²) in [6.45, 7) is 4.01. The third-order valence-corrected chi connectivity index (χ3v) is 5.62. The molecule has 1 aromatic carbocycles. The Morgan fingerprint density at radius 1 is 1.26 bits per heavy atom. The number of nitrogens with zero attached hydrogens (tertiary/aromatic N) is 5. The zero-order valence-corrected chi connectivity index (χ0v) is 17.8. The summed E-state index contributed by atoms with van der Waals surface area (Å²) in [6, 6.07) is 6.04. The van der Waals surface area contributed by atoms with E-state index in [9.17, 15) is 9.50 Å². The van der Waals surface area contributed by atoms with Crippen LogP contribution >= 0.6 is 0 Å². The van der Waals surface area contributed by atoms with Crippen molar-refractivity contribution in [2.45, 2.75) is 50.9 Å². The summed E-state index contributed by atoms with van der Waals surface area (Å²) < 4.78 is 22.2. The van der Waals surface area contributed by atoms with Gasteiger partial charge in [0, 0.05) is 30.9 Å². The minimum atomic E-state index is -0.551. The summed E-state index contributed by atoms with van der Waals surface area (Å²) in [5.74, 6) is 1.02. The molecule has 0 amide bonds. The van der Waals surface area contributed by atoms with Crippen molar-refractivity contribution in [2.75, 3.05) is 11.9 Å². The highest BCUT2D eigenvalue weighted by Gasteiger charge is 2.35.